The number of hydrogen-bond donors (Lipinski definition) is 1. The second-order valence-corrected chi connectivity index (χ2v) is 7.01. The number of nitro groups is 1. The SMILES string of the molecule is CNC12[B]c3cccc([N+](=O)[O-])c3C1(C#N)Oc1cc(C(C)C)ccc12. The molecule has 4 rings (SSSR count). The van der Waals surface area contributed by atoms with Gasteiger partial charge in [-0.2, -0.15) is 5.26 Å². The lowest BCUT2D eigenvalue weighted by Gasteiger charge is -2.34. The molecular weight excluding hydrogens is 329 g/mol. The van der Waals surface area contributed by atoms with Crippen LogP contribution in [-0.4, -0.2) is 19.3 Å². The number of fused-ring (bicyclic) bond motifs is 5. The van der Waals surface area contributed by atoms with Crippen molar-refractivity contribution >= 4 is 18.4 Å². The van der Waals surface area contributed by atoms with Crippen LogP contribution in [0.5, 0.6) is 5.75 Å². The predicted molar refractivity (Wildman–Crippen MR) is 97.7 cm³/mol. The van der Waals surface area contributed by atoms with Crippen molar-refractivity contribution in [2.24, 2.45) is 0 Å². The molecule has 6 nitrogen and oxygen atoms in total. The third kappa shape index (κ3) is 1.80. The molecule has 2 aromatic rings. The van der Waals surface area contributed by atoms with Gasteiger partial charge < -0.3 is 10.1 Å². The summed E-state index contributed by atoms with van der Waals surface area (Å²) in [6, 6.07) is 13.0. The monoisotopic (exact) mass is 346 g/mol. The lowest BCUT2D eigenvalue weighted by atomic mass is 9.52. The number of ether oxygens (including phenoxy) is 1. The van der Waals surface area contributed by atoms with Crippen LogP contribution in [0.2, 0.25) is 0 Å². The molecule has 2 aromatic carbocycles. The summed E-state index contributed by atoms with van der Waals surface area (Å²) in [5, 5.41) is 25.0. The van der Waals surface area contributed by atoms with Gasteiger partial charge in [0.15, 0.2) is 7.28 Å². The Kier molecular flexibility index (Phi) is 3.40. The van der Waals surface area contributed by atoms with Gasteiger partial charge in [0, 0.05) is 11.6 Å². The Bertz CT molecular complexity index is 984. The third-order valence-electron chi connectivity index (χ3n) is 5.46. The summed E-state index contributed by atoms with van der Waals surface area (Å²) in [6.45, 7) is 4.16. The second-order valence-electron chi connectivity index (χ2n) is 7.01. The van der Waals surface area contributed by atoms with Crippen molar-refractivity contribution in [1.82, 2.24) is 5.32 Å². The van der Waals surface area contributed by atoms with Crippen molar-refractivity contribution < 1.29 is 9.66 Å². The number of nitrogens with zero attached hydrogens (tertiary/aromatic N) is 2. The van der Waals surface area contributed by atoms with Crippen LogP contribution in [0, 0.1) is 21.4 Å². The maximum Gasteiger partial charge on any atom is 0.277 e. The molecule has 0 spiro atoms. The summed E-state index contributed by atoms with van der Waals surface area (Å²) in [5.41, 5.74) is 0.272. The topological polar surface area (TPSA) is 88.2 Å². The van der Waals surface area contributed by atoms with Crippen molar-refractivity contribution in [2.45, 2.75) is 30.8 Å². The summed E-state index contributed by atoms with van der Waals surface area (Å²) in [6.07, 6.45) is 0. The van der Waals surface area contributed by atoms with Crippen molar-refractivity contribution in [3.63, 3.8) is 0 Å². The van der Waals surface area contributed by atoms with Gasteiger partial charge in [0.25, 0.3) is 5.69 Å². The van der Waals surface area contributed by atoms with E-state index >= 15 is 0 Å². The molecule has 7 heteroatoms. The molecule has 2 unspecified atom stereocenters. The summed E-state index contributed by atoms with van der Waals surface area (Å²) in [7, 11) is 3.62. The third-order valence-corrected chi connectivity index (χ3v) is 5.46. The van der Waals surface area contributed by atoms with Crippen molar-refractivity contribution in [2.75, 3.05) is 7.05 Å². The van der Waals surface area contributed by atoms with E-state index in [0.29, 0.717) is 22.7 Å². The number of rotatable bonds is 3. The standard InChI is InChI=1S/C19H17BN3O3/c1-11(2)12-7-8-13-16(9-12)26-18(10-21)17-14(20-19(13,18)22-3)5-4-6-15(17)23(24)25/h4-9,11,22H,1-3H3. The molecule has 0 aromatic heterocycles. The lowest BCUT2D eigenvalue weighted by Crippen LogP contribution is -2.56. The summed E-state index contributed by atoms with van der Waals surface area (Å²) in [4.78, 5) is 11.2. The van der Waals surface area contributed by atoms with Crippen LogP contribution in [0.4, 0.5) is 5.69 Å². The Hall–Kier alpha value is -2.85. The first-order valence-electron chi connectivity index (χ1n) is 8.47. The predicted octanol–water partition coefficient (Wildman–Crippen LogP) is 2.24. The number of nitrogens with one attached hydrogen (secondary N) is 1. The minimum Gasteiger partial charge on any atom is -0.466 e. The van der Waals surface area contributed by atoms with Gasteiger partial charge in [-0.1, -0.05) is 43.6 Å². The van der Waals surface area contributed by atoms with E-state index in [1.54, 1.807) is 19.2 Å². The fourth-order valence-electron chi connectivity index (χ4n) is 4.17. The highest BCUT2D eigenvalue weighted by Gasteiger charge is 2.68. The zero-order valence-corrected chi connectivity index (χ0v) is 14.7. The number of nitro benzene ring substituents is 1. The van der Waals surface area contributed by atoms with Crippen LogP contribution in [0.3, 0.4) is 0 Å². The van der Waals surface area contributed by atoms with E-state index in [1.165, 1.54) is 6.07 Å². The normalized spacial score (nSPS) is 24.9. The van der Waals surface area contributed by atoms with E-state index in [1.807, 2.05) is 25.5 Å². The molecule has 0 saturated carbocycles. The molecule has 0 amide bonds. The van der Waals surface area contributed by atoms with E-state index in [-0.39, 0.29) is 5.69 Å². The van der Waals surface area contributed by atoms with Gasteiger partial charge in [-0.3, -0.25) is 10.1 Å². The average molecular weight is 346 g/mol. The van der Waals surface area contributed by atoms with Crippen molar-refractivity contribution in [3.8, 4) is 11.8 Å². The van der Waals surface area contributed by atoms with E-state index < -0.39 is 16.0 Å². The van der Waals surface area contributed by atoms with Gasteiger partial charge >= 0.3 is 0 Å². The van der Waals surface area contributed by atoms with Crippen LogP contribution in [-0.2, 0) is 11.0 Å². The van der Waals surface area contributed by atoms with E-state index in [2.05, 4.69) is 25.2 Å². The maximum atomic E-state index is 11.6. The first kappa shape index (κ1) is 16.6. The Morgan fingerprint density at radius 1 is 1.35 bits per heavy atom. The van der Waals surface area contributed by atoms with E-state index in [4.69, 9.17) is 4.74 Å². The Labute approximate surface area is 152 Å². The number of nitriles is 1. The molecule has 1 radical (unpaired) electrons. The summed E-state index contributed by atoms with van der Waals surface area (Å²) < 4.78 is 6.21. The van der Waals surface area contributed by atoms with Gasteiger partial charge in [-0.15, -0.1) is 0 Å². The van der Waals surface area contributed by atoms with Crippen LogP contribution >= 0.6 is 0 Å². The van der Waals surface area contributed by atoms with Gasteiger partial charge in [-0.25, -0.2) is 0 Å². The quantitative estimate of drug-likeness (QED) is 0.523. The molecule has 2 aliphatic heterocycles. The molecule has 1 N–H and O–H groups in total. The lowest BCUT2D eigenvalue weighted by molar-refractivity contribution is -0.386. The smallest absolute Gasteiger partial charge is 0.277 e. The van der Waals surface area contributed by atoms with Gasteiger partial charge in [-0.05, 0) is 24.6 Å². The van der Waals surface area contributed by atoms with Crippen LogP contribution in [0.1, 0.15) is 36.5 Å². The highest BCUT2D eigenvalue weighted by molar-refractivity contribution is 6.60. The fraction of sp³-hybridized carbons (Fsp3) is 0.316. The van der Waals surface area contributed by atoms with Gasteiger partial charge in [0.1, 0.15) is 11.8 Å². The molecule has 0 saturated heterocycles. The Morgan fingerprint density at radius 3 is 2.73 bits per heavy atom. The number of benzene rings is 2. The average Bonchev–Trinajstić information content (AvgIpc) is 3.06. The first-order chi connectivity index (χ1) is 12.4. The van der Waals surface area contributed by atoms with Crippen molar-refractivity contribution in [1.29, 1.82) is 5.26 Å². The molecule has 0 bridgehead atoms. The Balaban J connectivity index is 2.02. The van der Waals surface area contributed by atoms with Gasteiger partial charge in [0.05, 0.1) is 15.9 Å². The zero-order valence-electron chi connectivity index (χ0n) is 14.7. The molecule has 26 heavy (non-hydrogen) atoms. The van der Waals surface area contributed by atoms with Gasteiger partial charge in [0.2, 0.25) is 5.60 Å². The summed E-state index contributed by atoms with van der Waals surface area (Å²) in [5.74, 6) is 0.894. The van der Waals surface area contributed by atoms with Crippen LogP contribution < -0.4 is 15.5 Å². The fourth-order valence-corrected chi connectivity index (χ4v) is 4.17. The van der Waals surface area contributed by atoms with E-state index in [9.17, 15) is 15.4 Å². The molecular formula is C19H17BN3O3. The first-order valence-corrected chi connectivity index (χ1v) is 8.47. The molecule has 129 valence electrons. The van der Waals surface area contributed by atoms with E-state index in [0.717, 1.165) is 11.1 Å². The molecule has 2 atom stereocenters. The largest absolute Gasteiger partial charge is 0.466 e. The second kappa shape index (κ2) is 5.32. The summed E-state index contributed by atoms with van der Waals surface area (Å²) >= 11 is 0. The van der Waals surface area contributed by atoms with Crippen molar-refractivity contribution in [3.05, 3.63) is 63.2 Å². The highest BCUT2D eigenvalue weighted by Crippen LogP contribution is 2.56. The highest BCUT2D eigenvalue weighted by atomic mass is 16.6. The number of likely N-dealkylation sites (N-methyl/N-ethyl adjacent to an activating group) is 1. The maximum absolute atomic E-state index is 11.6. The van der Waals surface area contributed by atoms with Crippen LogP contribution in [0.25, 0.3) is 0 Å². The zero-order chi connectivity index (χ0) is 18.7. The molecule has 0 fully saturated rings. The Morgan fingerprint density at radius 2 is 2.12 bits per heavy atom. The minimum atomic E-state index is -1.52. The molecule has 0 aliphatic carbocycles. The minimum absolute atomic E-state index is 0.102. The molecule has 2 heterocycles. The van der Waals surface area contributed by atoms with Crippen LogP contribution in [0.15, 0.2) is 36.4 Å². The number of hydrogen-bond acceptors (Lipinski definition) is 5. The molecule has 2 aliphatic rings.